The Bertz CT molecular complexity index is 574. The Morgan fingerprint density at radius 2 is 1.86 bits per heavy atom. The quantitative estimate of drug-likeness (QED) is 0.858. The predicted octanol–water partition coefficient (Wildman–Crippen LogP) is 3.18. The van der Waals surface area contributed by atoms with Crippen molar-refractivity contribution in [2.24, 2.45) is 5.73 Å². The molecule has 0 bridgehead atoms. The molecule has 4 heteroatoms. The molecule has 0 aliphatic carbocycles. The molecule has 0 aromatic heterocycles. The lowest BCUT2D eigenvalue weighted by molar-refractivity contribution is 0.385. The highest BCUT2D eigenvalue weighted by atomic mass is 19.1. The van der Waals surface area contributed by atoms with E-state index in [9.17, 15) is 4.39 Å². The summed E-state index contributed by atoms with van der Waals surface area (Å²) in [5.74, 6) is -0.131. The van der Waals surface area contributed by atoms with Crippen molar-refractivity contribution >= 4 is 0 Å². The molecule has 0 heterocycles. The van der Waals surface area contributed by atoms with Crippen molar-refractivity contribution in [2.45, 2.75) is 19.0 Å². The lowest BCUT2D eigenvalue weighted by atomic mass is 10.0. The second-order valence-corrected chi connectivity index (χ2v) is 4.98. The van der Waals surface area contributed by atoms with Gasteiger partial charge < -0.3 is 15.8 Å². The van der Waals surface area contributed by atoms with Crippen LogP contribution in [0.15, 0.2) is 48.5 Å². The van der Waals surface area contributed by atoms with Crippen LogP contribution in [0.5, 0.6) is 5.75 Å². The fraction of sp³-hybridized carbons (Fsp3) is 0.294. The summed E-state index contributed by atoms with van der Waals surface area (Å²) in [6, 6.07) is 15.0. The molecular weight excluding hydrogens is 267 g/mol. The molecule has 2 aromatic carbocycles. The lowest BCUT2D eigenvalue weighted by Gasteiger charge is -2.23. The first-order chi connectivity index (χ1) is 10.2. The molecule has 2 atom stereocenters. The minimum Gasteiger partial charge on any atom is -0.494 e. The first-order valence-electron chi connectivity index (χ1n) is 7.00. The number of nitrogens with one attached hydrogen (secondary N) is 1. The van der Waals surface area contributed by atoms with Crippen LogP contribution in [0.2, 0.25) is 0 Å². The fourth-order valence-electron chi connectivity index (χ4n) is 2.34. The van der Waals surface area contributed by atoms with E-state index < -0.39 is 0 Å². The molecular formula is C17H21FN2O. The van der Waals surface area contributed by atoms with E-state index in [1.54, 1.807) is 6.07 Å². The van der Waals surface area contributed by atoms with Crippen molar-refractivity contribution < 1.29 is 9.13 Å². The maximum absolute atomic E-state index is 13.8. The molecule has 0 spiro atoms. The topological polar surface area (TPSA) is 47.3 Å². The van der Waals surface area contributed by atoms with Crippen LogP contribution >= 0.6 is 0 Å². The van der Waals surface area contributed by atoms with Crippen molar-refractivity contribution in [3.05, 3.63) is 65.5 Å². The Labute approximate surface area is 124 Å². The van der Waals surface area contributed by atoms with Gasteiger partial charge in [-0.25, -0.2) is 4.39 Å². The van der Waals surface area contributed by atoms with Gasteiger partial charge in [-0.3, -0.25) is 0 Å². The van der Waals surface area contributed by atoms with Gasteiger partial charge in [0, 0.05) is 18.6 Å². The average Bonchev–Trinajstić information content (AvgIpc) is 2.53. The van der Waals surface area contributed by atoms with E-state index in [-0.39, 0.29) is 23.7 Å². The van der Waals surface area contributed by atoms with Crippen molar-refractivity contribution in [3.63, 3.8) is 0 Å². The van der Waals surface area contributed by atoms with Gasteiger partial charge in [0.1, 0.15) is 0 Å². The molecule has 0 saturated carbocycles. The highest BCUT2D eigenvalue weighted by Crippen LogP contribution is 2.23. The molecule has 0 fully saturated rings. The van der Waals surface area contributed by atoms with Crippen molar-refractivity contribution in [1.82, 2.24) is 5.32 Å². The molecule has 0 aliphatic rings. The standard InChI is InChI=1S/C17H21FN2O/c1-12(13-6-4-3-5-7-13)20-16(11-19)14-8-9-17(21-2)15(18)10-14/h3-10,12,16,20H,11,19H2,1-2H3. The number of methoxy groups -OCH3 is 1. The monoisotopic (exact) mass is 288 g/mol. The van der Waals surface area contributed by atoms with E-state index >= 15 is 0 Å². The molecule has 21 heavy (non-hydrogen) atoms. The molecule has 0 radical (unpaired) electrons. The lowest BCUT2D eigenvalue weighted by Crippen LogP contribution is -2.30. The number of halogens is 1. The van der Waals surface area contributed by atoms with Gasteiger partial charge in [0.05, 0.1) is 7.11 Å². The summed E-state index contributed by atoms with van der Waals surface area (Å²) in [6.07, 6.45) is 0. The Kier molecular flexibility index (Phi) is 5.31. The van der Waals surface area contributed by atoms with Gasteiger partial charge in [-0.1, -0.05) is 36.4 Å². The molecule has 2 aromatic rings. The van der Waals surface area contributed by atoms with Crippen LogP contribution in [-0.2, 0) is 0 Å². The van der Waals surface area contributed by atoms with E-state index in [1.807, 2.05) is 24.3 Å². The van der Waals surface area contributed by atoms with Crippen molar-refractivity contribution in [3.8, 4) is 5.75 Å². The van der Waals surface area contributed by atoms with E-state index in [2.05, 4.69) is 24.4 Å². The van der Waals surface area contributed by atoms with Gasteiger partial charge in [0.2, 0.25) is 0 Å². The summed E-state index contributed by atoms with van der Waals surface area (Å²) in [5, 5.41) is 3.43. The predicted molar refractivity (Wildman–Crippen MR) is 82.7 cm³/mol. The van der Waals surface area contributed by atoms with Crippen LogP contribution in [0.4, 0.5) is 4.39 Å². The summed E-state index contributed by atoms with van der Waals surface area (Å²) in [5.41, 5.74) is 7.82. The third-order valence-corrected chi connectivity index (χ3v) is 3.56. The summed E-state index contributed by atoms with van der Waals surface area (Å²) >= 11 is 0. The first-order valence-corrected chi connectivity index (χ1v) is 7.00. The van der Waals surface area contributed by atoms with Crippen LogP contribution in [-0.4, -0.2) is 13.7 Å². The first kappa shape index (κ1) is 15.5. The largest absolute Gasteiger partial charge is 0.494 e. The molecule has 2 unspecified atom stereocenters. The summed E-state index contributed by atoms with van der Waals surface area (Å²) in [7, 11) is 1.45. The minimum atomic E-state index is -0.373. The number of ether oxygens (including phenoxy) is 1. The molecule has 0 amide bonds. The molecule has 2 rings (SSSR count). The number of hydrogen-bond acceptors (Lipinski definition) is 3. The summed E-state index contributed by atoms with van der Waals surface area (Å²) in [6.45, 7) is 2.46. The summed E-state index contributed by atoms with van der Waals surface area (Å²) < 4.78 is 18.8. The van der Waals surface area contributed by atoms with Crippen molar-refractivity contribution in [1.29, 1.82) is 0 Å². The van der Waals surface area contributed by atoms with Crippen LogP contribution in [0.25, 0.3) is 0 Å². The average molecular weight is 288 g/mol. The second kappa shape index (κ2) is 7.20. The smallest absolute Gasteiger partial charge is 0.165 e. The van der Waals surface area contributed by atoms with Gasteiger partial charge in [-0.2, -0.15) is 0 Å². The maximum atomic E-state index is 13.8. The van der Waals surface area contributed by atoms with Crippen LogP contribution in [0.3, 0.4) is 0 Å². The maximum Gasteiger partial charge on any atom is 0.165 e. The van der Waals surface area contributed by atoms with Gasteiger partial charge in [-0.05, 0) is 30.2 Å². The highest BCUT2D eigenvalue weighted by molar-refractivity contribution is 5.31. The molecule has 3 nitrogen and oxygen atoms in total. The number of nitrogens with two attached hydrogens (primary N) is 1. The molecule has 112 valence electrons. The Hall–Kier alpha value is -1.91. The zero-order chi connectivity index (χ0) is 15.2. The van der Waals surface area contributed by atoms with Crippen LogP contribution < -0.4 is 15.8 Å². The summed E-state index contributed by atoms with van der Waals surface area (Å²) in [4.78, 5) is 0. The van der Waals surface area contributed by atoms with Crippen molar-refractivity contribution in [2.75, 3.05) is 13.7 Å². The normalized spacial score (nSPS) is 13.7. The fourth-order valence-corrected chi connectivity index (χ4v) is 2.34. The molecule has 0 aliphatic heterocycles. The van der Waals surface area contributed by atoms with E-state index in [4.69, 9.17) is 10.5 Å². The molecule has 3 N–H and O–H groups in total. The number of hydrogen-bond donors (Lipinski definition) is 2. The van der Waals surface area contributed by atoms with Crippen LogP contribution in [0.1, 0.15) is 30.1 Å². The van der Waals surface area contributed by atoms with E-state index in [0.29, 0.717) is 6.54 Å². The SMILES string of the molecule is COc1ccc(C(CN)NC(C)c2ccccc2)cc1F. The van der Waals surface area contributed by atoms with Gasteiger partial charge in [0.25, 0.3) is 0 Å². The van der Waals surface area contributed by atoms with Gasteiger partial charge >= 0.3 is 0 Å². The Morgan fingerprint density at radius 1 is 1.14 bits per heavy atom. The van der Waals surface area contributed by atoms with E-state index in [1.165, 1.54) is 18.7 Å². The van der Waals surface area contributed by atoms with E-state index in [0.717, 1.165) is 5.56 Å². The Balaban J connectivity index is 2.14. The highest BCUT2D eigenvalue weighted by Gasteiger charge is 2.15. The van der Waals surface area contributed by atoms with Gasteiger partial charge in [-0.15, -0.1) is 0 Å². The van der Waals surface area contributed by atoms with Crippen LogP contribution in [0, 0.1) is 5.82 Å². The third kappa shape index (κ3) is 3.80. The zero-order valence-electron chi connectivity index (χ0n) is 12.3. The molecule has 0 saturated heterocycles. The van der Waals surface area contributed by atoms with Gasteiger partial charge in [0.15, 0.2) is 11.6 Å². The minimum absolute atomic E-state index is 0.111. The Morgan fingerprint density at radius 3 is 2.43 bits per heavy atom. The zero-order valence-corrected chi connectivity index (χ0v) is 12.3. The number of rotatable bonds is 6. The second-order valence-electron chi connectivity index (χ2n) is 4.98. The number of benzene rings is 2. The third-order valence-electron chi connectivity index (χ3n) is 3.56.